The van der Waals surface area contributed by atoms with Crippen molar-refractivity contribution in [2.24, 2.45) is 0 Å². The number of carbonyl (C=O) groups excluding carboxylic acids is 1. The van der Waals surface area contributed by atoms with Crippen molar-refractivity contribution < 1.29 is 13.2 Å². The van der Waals surface area contributed by atoms with Gasteiger partial charge in [0.25, 0.3) is 5.91 Å². The van der Waals surface area contributed by atoms with E-state index < -0.39 is 15.7 Å². The third-order valence-corrected chi connectivity index (χ3v) is 3.70. The summed E-state index contributed by atoms with van der Waals surface area (Å²) < 4.78 is 23.3. The molecule has 1 amide bonds. The van der Waals surface area contributed by atoms with Gasteiger partial charge in [-0.2, -0.15) is 0 Å². The molecule has 1 heterocycles. The van der Waals surface area contributed by atoms with E-state index in [1.54, 1.807) is 19.1 Å². The lowest BCUT2D eigenvalue weighted by Gasteiger charge is -2.09. The van der Waals surface area contributed by atoms with E-state index in [9.17, 15) is 13.2 Å². The van der Waals surface area contributed by atoms with Crippen molar-refractivity contribution >= 4 is 21.4 Å². The van der Waals surface area contributed by atoms with Crippen molar-refractivity contribution in [3.63, 3.8) is 0 Å². The van der Waals surface area contributed by atoms with E-state index in [0.29, 0.717) is 5.69 Å². The molecule has 1 aromatic carbocycles. The Morgan fingerprint density at radius 2 is 1.85 bits per heavy atom. The number of para-hydroxylation sites is 1. The van der Waals surface area contributed by atoms with Crippen molar-refractivity contribution in [1.82, 2.24) is 9.97 Å². The molecule has 0 aliphatic carbocycles. The molecule has 104 valence electrons. The summed E-state index contributed by atoms with van der Waals surface area (Å²) in [6.45, 7) is 1.76. The monoisotopic (exact) mass is 291 g/mol. The highest BCUT2D eigenvalue weighted by atomic mass is 32.2. The lowest BCUT2D eigenvalue weighted by Crippen LogP contribution is -2.16. The van der Waals surface area contributed by atoms with Gasteiger partial charge < -0.3 is 5.32 Å². The van der Waals surface area contributed by atoms with E-state index in [2.05, 4.69) is 15.3 Å². The fourth-order valence-corrected chi connectivity index (χ4v) is 2.43. The van der Waals surface area contributed by atoms with Gasteiger partial charge in [0.05, 0.1) is 22.5 Å². The quantitative estimate of drug-likeness (QED) is 0.924. The minimum atomic E-state index is -3.42. The fraction of sp³-hybridized carbons (Fsp3) is 0.154. The molecule has 0 radical (unpaired) electrons. The number of amides is 1. The number of hydrogen-bond donors (Lipinski definition) is 1. The molecule has 2 rings (SSSR count). The Bertz CT molecular complexity index is 740. The van der Waals surface area contributed by atoms with Crippen LogP contribution >= 0.6 is 0 Å². The van der Waals surface area contributed by atoms with Crippen LogP contribution < -0.4 is 5.32 Å². The summed E-state index contributed by atoms with van der Waals surface area (Å²) in [7, 11) is -3.42. The van der Waals surface area contributed by atoms with Gasteiger partial charge in [0.15, 0.2) is 9.84 Å². The predicted molar refractivity (Wildman–Crippen MR) is 74.3 cm³/mol. The molecule has 0 atom stereocenters. The Kier molecular flexibility index (Phi) is 3.80. The summed E-state index contributed by atoms with van der Waals surface area (Å²) in [6.07, 6.45) is 3.90. The number of rotatable bonds is 3. The molecule has 0 saturated carbocycles. The summed E-state index contributed by atoms with van der Waals surface area (Å²) >= 11 is 0. The van der Waals surface area contributed by atoms with E-state index in [4.69, 9.17) is 0 Å². The first-order valence-corrected chi connectivity index (χ1v) is 7.66. The van der Waals surface area contributed by atoms with Gasteiger partial charge in [0.2, 0.25) is 0 Å². The summed E-state index contributed by atoms with van der Waals surface area (Å²) in [4.78, 5) is 20.0. The number of nitrogens with one attached hydrogen (secondary N) is 1. The van der Waals surface area contributed by atoms with Crippen molar-refractivity contribution in [1.29, 1.82) is 0 Å². The molecule has 6 nitrogen and oxygen atoms in total. The summed E-state index contributed by atoms with van der Waals surface area (Å²) in [5.41, 5.74) is 1.04. The van der Waals surface area contributed by atoms with Gasteiger partial charge >= 0.3 is 0 Å². The molecule has 20 heavy (non-hydrogen) atoms. The van der Waals surface area contributed by atoms with Crippen LogP contribution in [0.25, 0.3) is 0 Å². The smallest absolute Gasteiger partial charge is 0.275 e. The normalized spacial score (nSPS) is 11.1. The molecule has 0 bridgehead atoms. The summed E-state index contributed by atoms with van der Waals surface area (Å²) in [5, 5.41) is 2.53. The first-order chi connectivity index (χ1) is 9.38. The molecule has 0 aliphatic heterocycles. The zero-order chi connectivity index (χ0) is 14.8. The molecule has 2 aromatic rings. The molecule has 1 aromatic heterocycles. The summed E-state index contributed by atoms with van der Waals surface area (Å²) in [5.74, 6) is -0.506. The Balaban J connectivity index is 2.31. The number of benzene rings is 1. The lowest BCUT2D eigenvalue weighted by atomic mass is 10.3. The van der Waals surface area contributed by atoms with Crippen LogP contribution in [-0.2, 0) is 9.84 Å². The first-order valence-electron chi connectivity index (χ1n) is 5.77. The van der Waals surface area contributed by atoms with E-state index in [0.717, 1.165) is 6.26 Å². The number of nitrogens with zero attached hydrogens (tertiary/aromatic N) is 2. The van der Waals surface area contributed by atoms with E-state index in [-0.39, 0.29) is 16.3 Å². The zero-order valence-corrected chi connectivity index (χ0v) is 11.8. The average molecular weight is 291 g/mol. The molecule has 0 saturated heterocycles. The van der Waals surface area contributed by atoms with Crippen molar-refractivity contribution in [2.45, 2.75) is 11.8 Å². The van der Waals surface area contributed by atoms with Crippen LogP contribution in [0.5, 0.6) is 0 Å². The van der Waals surface area contributed by atoms with Gasteiger partial charge in [-0.25, -0.2) is 13.4 Å². The number of anilines is 1. The molecule has 0 fully saturated rings. The number of sulfone groups is 1. The topological polar surface area (TPSA) is 89.0 Å². The molecule has 0 aliphatic rings. The summed E-state index contributed by atoms with van der Waals surface area (Å²) in [6, 6.07) is 6.20. The minimum absolute atomic E-state index is 0.0634. The van der Waals surface area contributed by atoms with Gasteiger partial charge in [0, 0.05) is 12.5 Å². The molecule has 0 unspecified atom stereocenters. The van der Waals surface area contributed by atoms with Gasteiger partial charge in [-0.1, -0.05) is 12.1 Å². The zero-order valence-electron chi connectivity index (χ0n) is 11.0. The van der Waals surface area contributed by atoms with Crippen LogP contribution in [-0.4, -0.2) is 30.5 Å². The third kappa shape index (κ3) is 3.18. The highest BCUT2D eigenvalue weighted by Gasteiger charge is 2.15. The Labute approximate surface area is 116 Å². The van der Waals surface area contributed by atoms with Crippen LogP contribution in [0, 0.1) is 6.92 Å². The van der Waals surface area contributed by atoms with E-state index >= 15 is 0 Å². The lowest BCUT2D eigenvalue weighted by molar-refractivity contribution is 0.102. The fourth-order valence-electron chi connectivity index (χ4n) is 1.59. The number of aromatic nitrogens is 2. The largest absolute Gasteiger partial charge is 0.319 e. The second-order valence-corrected chi connectivity index (χ2v) is 6.25. The highest BCUT2D eigenvalue weighted by Crippen LogP contribution is 2.20. The van der Waals surface area contributed by atoms with Crippen LogP contribution in [0.3, 0.4) is 0 Å². The number of aryl methyl sites for hydroxylation is 1. The maximum atomic E-state index is 12.0. The van der Waals surface area contributed by atoms with Gasteiger partial charge in [-0.3, -0.25) is 9.78 Å². The maximum absolute atomic E-state index is 12.0. The second-order valence-electron chi connectivity index (χ2n) is 4.27. The van der Waals surface area contributed by atoms with Crippen molar-refractivity contribution in [2.75, 3.05) is 11.6 Å². The molecule has 0 spiro atoms. The highest BCUT2D eigenvalue weighted by molar-refractivity contribution is 7.90. The number of carbonyl (C=O) groups is 1. The van der Waals surface area contributed by atoms with Crippen LogP contribution in [0.4, 0.5) is 5.69 Å². The SMILES string of the molecule is Cc1cnc(C(=O)Nc2ccccc2S(C)(=O)=O)cn1. The minimum Gasteiger partial charge on any atom is -0.319 e. The van der Waals surface area contributed by atoms with Gasteiger partial charge in [-0.05, 0) is 19.1 Å². The third-order valence-electron chi connectivity index (χ3n) is 2.55. The second kappa shape index (κ2) is 5.38. The Morgan fingerprint density at radius 1 is 1.15 bits per heavy atom. The van der Waals surface area contributed by atoms with Gasteiger partial charge in [0.1, 0.15) is 5.69 Å². The van der Waals surface area contributed by atoms with E-state index in [1.807, 2.05) is 0 Å². The van der Waals surface area contributed by atoms with Gasteiger partial charge in [-0.15, -0.1) is 0 Å². The molecular weight excluding hydrogens is 278 g/mol. The predicted octanol–water partition coefficient (Wildman–Crippen LogP) is 1.44. The van der Waals surface area contributed by atoms with Crippen LogP contribution in [0.1, 0.15) is 16.2 Å². The number of hydrogen-bond acceptors (Lipinski definition) is 5. The molecule has 1 N–H and O–H groups in total. The van der Waals surface area contributed by atoms with Crippen LogP contribution in [0.15, 0.2) is 41.6 Å². The van der Waals surface area contributed by atoms with Crippen molar-refractivity contribution in [3.05, 3.63) is 48.0 Å². The Hall–Kier alpha value is -2.28. The van der Waals surface area contributed by atoms with Crippen molar-refractivity contribution in [3.8, 4) is 0 Å². The standard InChI is InChI=1S/C13H13N3O3S/c1-9-7-15-11(8-14-9)13(17)16-10-5-3-4-6-12(10)20(2,18)19/h3-8H,1-2H3,(H,16,17). The average Bonchev–Trinajstić information content (AvgIpc) is 2.38. The first kappa shape index (κ1) is 14.1. The Morgan fingerprint density at radius 3 is 2.45 bits per heavy atom. The maximum Gasteiger partial charge on any atom is 0.275 e. The van der Waals surface area contributed by atoms with E-state index in [1.165, 1.54) is 24.5 Å². The molecular formula is C13H13N3O3S. The molecule has 7 heteroatoms. The van der Waals surface area contributed by atoms with Crippen LogP contribution in [0.2, 0.25) is 0 Å².